The molecule has 21 heavy (non-hydrogen) atoms. The summed E-state index contributed by atoms with van der Waals surface area (Å²) in [5, 5.41) is 4.97. The molecule has 2 aromatic rings. The molecule has 0 heterocycles. The summed E-state index contributed by atoms with van der Waals surface area (Å²) in [6, 6.07) is 9.84. The lowest BCUT2D eigenvalue weighted by Crippen LogP contribution is -2.20. The number of urea groups is 1. The van der Waals surface area contributed by atoms with Gasteiger partial charge in [0, 0.05) is 11.3 Å². The van der Waals surface area contributed by atoms with Crippen LogP contribution in [-0.2, 0) is 0 Å². The number of carbonyl (C=O) groups is 2. The molecule has 0 atom stereocenters. The number of amides is 2. The first-order valence-corrected chi connectivity index (χ1v) is 6.48. The van der Waals surface area contributed by atoms with E-state index in [1.165, 1.54) is 25.1 Å². The minimum absolute atomic E-state index is 0.0656. The van der Waals surface area contributed by atoms with Crippen LogP contribution in [0, 0.1) is 5.82 Å². The smallest absolute Gasteiger partial charge is 0.308 e. The number of ketones is 1. The lowest BCUT2D eigenvalue weighted by atomic mass is 10.1. The first-order valence-electron chi connectivity index (χ1n) is 6.10. The van der Waals surface area contributed by atoms with Gasteiger partial charge in [0.2, 0.25) is 0 Å². The second-order valence-electron chi connectivity index (χ2n) is 4.31. The monoisotopic (exact) mass is 306 g/mol. The first kappa shape index (κ1) is 15.0. The van der Waals surface area contributed by atoms with Crippen molar-refractivity contribution in [1.29, 1.82) is 0 Å². The van der Waals surface area contributed by atoms with Crippen molar-refractivity contribution in [2.24, 2.45) is 0 Å². The minimum Gasteiger partial charge on any atom is -0.308 e. The Bertz CT molecular complexity index is 666. The van der Waals surface area contributed by atoms with Crippen molar-refractivity contribution < 1.29 is 14.0 Å². The predicted molar refractivity (Wildman–Crippen MR) is 80.5 cm³/mol. The van der Waals surface area contributed by atoms with Crippen molar-refractivity contribution >= 4 is 34.8 Å². The third-order valence-electron chi connectivity index (χ3n) is 2.75. The Morgan fingerprint density at radius 2 is 1.71 bits per heavy atom. The Kier molecular flexibility index (Phi) is 4.55. The maximum absolute atomic E-state index is 13.5. The van der Waals surface area contributed by atoms with Crippen molar-refractivity contribution in [1.82, 2.24) is 0 Å². The number of para-hydroxylation sites is 1. The minimum atomic E-state index is -0.627. The van der Waals surface area contributed by atoms with Crippen LogP contribution in [0.15, 0.2) is 42.5 Å². The maximum Gasteiger partial charge on any atom is 0.323 e. The van der Waals surface area contributed by atoms with Gasteiger partial charge in [-0.15, -0.1) is 0 Å². The van der Waals surface area contributed by atoms with E-state index in [0.29, 0.717) is 11.3 Å². The molecule has 108 valence electrons. The number of hydrogen-bond acceptors (Lipinski definition) is 2. The van der Waals surface area contributed by atoms with Gasteiger partial charge >= 0.3 is 6.03 Å². The van der Waals surface area contributed by atoms with Crippen LogP contribution in [0.25, 0.3) is 0 Å². The van der Waals surface area contributed by atoms with Crippen molar-refractivity contribution in [3.05, 3.63) is 58.9 Å². The summed E-state index contributed by atoms with van der Waals surface area (Å²) in [5.74, 6) is -0.686. The van der Waals surface area contributed by atoms with Gasteiger partial charge in [0.05, 0.1) is 10.7 Å². The Labute approximate surface area is 125 Å². The molecular weight excluding hydrogens is 295 g/mol. The van der Waals surface area contributed by atoms with E-state index in [0.717, 1.165) is 0 Å². The summed E-state index contributed by atoms with van der Waals surface area (Å²) in [5.41, 5.74) is 0.931. The maximum atomic E-state index is 13.5. The topological polar surface area (TPSA) is 58.2 Å². The molecule has 0 fully saturated rings. The number of rotatable bonds is 3. The van der Waals surface area contributed by atoms with Crippen molar-refractivity contribution in [3.63, 3.8) is 0 Å². The molecule has 6 heteroatoms. The summed E-state index contributed by atoms with van der Waals surface area (Å²) in [7, 11) is 0. The Balaban J connectivity index is 2.06. The number of halogens is 2. The summed E-state index contributed by atoms with van der Waals surface area (Å²) >= 11 is 5.81. The van der Waals surface area contributed by atoms with Gasteiger partial charge in [-0.25, -0.2) is 9.18 Å². The van der Waals surface area contributed by atoms with Crippen LogP contribution in [0.3, 0.4) is 0 Å². The molecule has 2 rings (SSSR count). The molecule has 0 unspecified atom stereocenters. The van der Waals surface area contributed by atoms with Crippen LogP contribution >= 0.6 is 11.6 Å². The average molecular weight is 307 g/mol. The molecular formula is C15H12ClFN2O2. The van der Waals surface area contributed by atoms with E-state index in [1.54, 1.807) is 24.3 Å². The quantitative estimate of drug-likeness (QED) is 0.829. The number of carbonyl (C=O) groups excluding carboxylic acids is 2. The molecule has 2 aromatic carbocycles. The highest BCUT2D eigenvalue weighted by atomic mass is 35.5. The van der Waals surface area contributed by atoms with Gasteiger partial charge in [-0.1, -0.05) is 17.7 Å². The van der Waals surface area contributed by atoms with Gasteiger partial charge in [-0.05, 0) is 43.3 Å². The lowest BCUT2D eigenvalue weighted by molar-refractivity contribution is 0.101. The molecule has 4 nitrogen and oxygen atoms in total. The van der Waals surface area contributed by atoms with Gasteiger partial charge in [-0.2, -0.15) is 0 Å². The SMILES string of the molecule is CC(=O)c1ccc(NC(=O)Nc2c(F)cccc2Cl)cc1. The second kappa shape index (κ2) is 6.37. The van der Waals surface area contributed by atoms with E-state index < -0.39 is 11.8 Å². The van der Waals surface area contributed by atoms with E-state index in [1.807, 2.05) is 0 Å². The Morgan fingerprint density at radius 1 is 1.05 bits per heavy atom. The van der Waals surface area contributed by atoms with Crippen LogP contribution in [0.2, 0.25) is 5.02 Å². The number of Topliss-reactive ketones (excluding diaryl/α,β-unsaturated/α-hetero) is 1. The highest BCUT2D eigenvalue weighted by Gasteiger charge is 2.10. The van der Waals surface area contributed by atoms with E-state index in [2.05, 4.69) is 10.6 Å². The molecule has 2 amide bonds. The van der Waals surface area contributed by atoms with Gasteiger partial charge in [0.25, 0.3) is 0 Å². The van der Waals surface area contributed by atoms with Crippen LogP contribution in [0.4, 0.5) is 20.6 Å². The van der Waals surface area contributed by atoms with Crippen molar-refractivity contribution in [2.45, 2.75) is 6.92 Å². The summed E-state index contributed by atoms with van der Waals surface area (Å²) < 4.78 is 13.5. The third-order valence-corrected chi connectivity index (χ3v) is 3.07. The molecule has 0 aliphatic carbocycles. The molecule has 0 aliphatic rings. The van der Waals surface area contributed by atoms with E-state index in [9.17, 15) is 14.0 Å². The number of anilines is 2. The fourth-order valence-corrected chi connectivity index (χ4v) is 1.89. The number of nitrogens with one attached hydrogen (secondary N) is 2. The lowest BCUT2D eigenvalue weighted by Gasteiger charge is -2.10. The van der Waals surface area contributed by atoms with E-state index in [-0.39, 0.29) is 16.5 Å². The molecule has 0 bridgehead atoms. The zero-order valence-electron chi connectivity index (χ0n) is 11.1. The summed E-state index contributed by atoms with van der Waals surface area (Å²) in [6.07, 6.45) is 0. The van der Waals surface area contributed by atoms with Gasteiger partial charge < -0.3 is 10.6 Å². The first-order chi connectivity index (χ1) is 9.97. The molecule has 0 radical (unpaired) electrons. The fraction of sp³-hybridized carbons (Fsp3) is 0.0667. The summed E-state index contributed by atoms with van der Waals surface area (Å²) in [4.78, 5) is 22.9. The third kappa shape index (κ3) is 3.79. The molecule has 0 saturated heterocycles. The fourth-order valence-electron chi connectivity index (χ4n) is 1.68. The Morgan fingerprint density at radius 3 is 2.29 bits per heavy atom. The standard InChI is InChI=1S/C15H12ClFN2O2/c1-9(20)10-5-7-11(8-6-10)18-15(21)19-14-12(16)3-2-4-13(14)17/h2-8H,1H3,(H2,18,19,21). The van der Waals surface area contributed by atoms with E-state index in [4.69, 9.17) is 11.6 Å². The molecule has 2 N–H and O–H groups in total. The zero-order valence-corrected chi connectivity index (χ0v) is 11.9. The average Bonchev–Trinajstić information content (AvgIpc) is 2.43. The van der Waals surface area contributed by atoms with Gasteiger partial charge in [-0.3, -0.25) is 4.79 Å². The summed E-state index contributed by atoms with van der Waals surface area (Å²) in [6.45, 7) is 1.45. The number of hydrogen-bond donors (Lipinski definition) is 2. The van der Waals surface area contributed by atoms with Crippen LogP contribution in [0.5, 0.6) is 0 Å². The largest absolute Gasteiger partial charge is 0.323 e. The Hall–Kier alpha value is -2.40. The van der Waals surface area contributed by atoms with Crippen molar-refractivity contribution in [2.75, 3.05) is 10.6 Å². The second-order valence-corrected chi connectivity index (χ2v) is 4.72. The van der Waals surface area contributed by atoms with Crippen LogP contribution < -0.4 is 10.6 Å². The highest BCUT2D eigenvalue weighted by Crippen LogP contribution is 2.24. The van der Waals surface area contributed by atoms with Crippen LogP contribution in [0.1, 0.15) is 17.3 Å². The van der Waals surface area contributed by atoms with Crippen molar-refractivity contribution in [3.8, 4) is 0 Å². The predicted octanol–water partition coefficient (Wildman–Crippen LogP) is 4.33. The zero-order chi connectivity index (χ0) is 15.4. The molecule has 0 saturated carbocycles. The number of benzene rings is 2. The van der Waals surface area contributed by atoms with Gasteiger partial charge in [0.1, 0.15) is 5.82 Å². The van der Waals surface area contributed by atoms with E-state index >= 15 is 0 Å². The van der Waals surface area contributed by atoms with Gasteiger partial charge in [0.15, 0.2) is 5.78 Å². The molecule has 0 aromatic heterocycles. The molecule has 0 spiro atoms. The highest BCUT2D eigenvalue weighted by molar-refractivity contribution is 6.33. The normalized spacial score (nSPS) is 10.0. The van der Waals surface area contributed by atoms with Crippen LogP contribution in [-0.4, -0.2) is 11.8 Å². The molecule has 0 aliphatic heterocycles.